The van der Waals surface area contributed by atoms with Gasteiger partial charge in [-0.05, 0) is 17.7 Å². The fourth-order valence-corrected chi connectivity index (χ4v) is 1.56. The lowest BCUT2D eigenvalue weighted by molar-refractivity contribution is -0.131. The van der Waals surface area contributed by atoms with Crippen LogP contribution in [0.2, 0.25) is 0 Å². The predicted molar refractivity (Wildman–Crippen MR) is 66.5 cm³/mol. The number of carboxylic acids is 1. The first-order chi connectivity index (χ1) is 8.16. The number of hydrogen-bond donors (Lipinski definition) is 1. The average molecular weight is 228 g/mol. The zero-order valence-corrected chi connectivity index (χ0v) is 9.37. The van der Waals surface area contributed by atoms with Crippen LogP contribution in [0.15, 0.2) is 42.8 Å². The summed E-state index contributed by atoms with van der Waals surface area (Å²) in [5.74, 6) is -0.949. The van der Waals surface area contributed by atoms with Gasteiger partial charge in [0.2, 0.25) is 0 Å². The number of aryl methyl sites for hydroxylation is 1. The Balaban J connectivity index is 2.22. The molecule has 2 rings (SSSR count). The van der Waals surface area contributed by atoms with Gasteiger partial charge < -0.3 is 9.67 Å². The van der Waals surface area contributed by atoms with Crippen molar-refractivity contribution in [2.24, 2.45) is 7.05 Å². The molecule has 4 heteroatoms. The number of imidazole rings is 1. The van der Waals surface area contributed by atoms with Crippen molar-refractivity contribution in [3.05, 3.63) is 48.3 Å². The minimum Gasteiger partial charge on any atom is -0.478 e. The Hall–Kier alpha value is -2.36. The summed E-state index contributed by atoms with van der Waals surface area (Å²) in [5, 5.41) is 8.42. The van der Waals surface area contributed by atoms with Gasteiger partial charge in [0.1, 0.15) is 0 Å². The first kappa shape index (κ1) is 11.1. The highest BCUT2D eigenvalue weighted by Crippen LogP contribution is 2.14. The Morgan fingerprint density at radius 2 is 2.24 bits per heavy atom. The summed E-state index contributed by atoms with van der Waals surface area (Å²) in [5.41, 5.74) is 2.99. The molecule has 1 aromatic heterocycles. The molecule has 1 aromatic carbocycles. The molecule has 17 heavy (non-hydrogen) atoms. The standard InChI is InChI=1S/C13H12N2O2/c1-15-9-14-11-8-10(6-7-12(11)15)4-2-3-5-13(16)17/h2-9H,1H3,(H,16,17)/b4-2+,5-3+. The molecule has 0 bridgehead atoms. The topological polar surface area (TPSA) is 55.1 Å². The van der Waals surface area contributed by atoms with Crippen LogP contribution in [-0.4, -0.2) is 20.6 Å². The lowest BCUT2D eigenvalue weighted by atomic mass is 10.2. The maximum atomic E-state index is 10.3. The predicted octanol–water partition coefficient (Wildman–Crippen LogP) is 2.23. The first-order valence-corrected chi connectivity index (χ1v) is 5.15. The molecule has 0 spiro atoms. The van der Waals surface area contributed by atoms with E-state index in [2.05, 4.69) is 4.98 Å². The molecule has 0 aliphatic heterocycles. The quantitative estimate of drug-likeness (QED) is 0.647. The third-order valence-electron chi connectivity index (χ3n) is 2.39. The van der Waals surface area contributed by atoms with Crippen LogP contribution < -0.4 is 0 Å². The van der Waals surface area contributed by atoms with E-state index in [0.29, 0.717) is 0 Å². The third kappa shape index (κ3) is 2.60. The maximum Gasteiger partial charge on any atom is 0.328 e. The van der Waals surface area contributed by atoms with Crippen LogP contribution in [0.5, 0.6) is 0 Å². The van der Waals surface area contributed by atoms with Crippen LogP contribution in [0.4, 0.5) is 0 Å². The fourth-order valence-electron chi connectivity index (χ4n) is 1.56. The molecule has 86 valence electrons. The number of aliphatic carboxylic acids is 1. The van der Waals surface area contributed by atoms with Crippen molar-refractivity contribution in [3.63, 3.8) is 0 Å². The zero-order chi connectivity index (χ0) is 12.3. The number of aromatic nitrogens is 2. The first-order valence-electron chi connectivity index (χ1n) is 5.15. The molecule has 0 saturated carbocycles. The Morgan fingerprint density at radius 3 is 3.00 bits per heavy atom. The van der Waals surface area contributed by atoms with Gasteiger partial charge in [-0.25, -0.2) is 9.78 Å². The van der Waals surface area contributed by atoms with E-state index in [0.717, 1.165) is 22.7 Å². The highest BCUT2D eigenvalue weighted by atomic mass is 16.4. The maximum absolute atomic E-state index is 10.3. The number of carboxylic acid groups (broad SMARTS) is 1. The molecule has 0 aliphatic carbocycles. The second-order valence-corrected chi connectivity index (χ2v) is 3.66. The second kappa shape index (κ2) is 4.65. The van der Waals surface area contributed by atoms with E-state index in [4.69, 9.17) is 5.11 Å². The summed E-state index contributed by atoms with van der Waals surface area (Å²) in [7, 11) is 1.94. The molecule has 4 nitrogen and oxygen atoms in total. The molecule has 1 N–H and O–H groups in total. The van der Waals surface area contributed by atoms with Crippen LogP contribution >= 0.6 is 0 Å². The van der Waals surface area contributed by atoms with Gasteiger partial charge in [0.05, 0.1) is 17.4 Å². The van der Waals surface area contributed by atoms with Gasteiger partial charge in [-0.2, -0.15) is 0 Å². The number of nitrogens with zero attached hydrogens (tertiary/aromatic N) is 2. The third-order valence-corrected chi connectivity index (χ3v) is 2.39. The number of rotatable bonds is 3. The van der Waals surface area contributed by atoms with E-state index < -0.39 is 5.97 Å². The number of fused-ring (bicyclic) bond motifs is 1. The van der Waals surface area contributed by atoms with Crippen LogP contribution in [0, 0.1) is 0 Å². The van der Waals surface area contributed by atoms with Crippen molar-refractivity contribution in [2.75, 3.05) is 0 Å². The van der Waals surface area contributed by atoms with Gasteiger partial charge in [0.15, 0.2) is 0 Å². The summed E-state index contributed by atoms with van der Waals surface area (Å²) in [6.45, 7) is 0. The number of allylic oxidation sites excluding steroid dienone is 2. The number of benzene rings is 1. The summed E-state index contributed by atoms with van der Waals surface area (Å²) >= 11 is 0. The molecule has 0 unspecified atom stereocenters. The number of carbonyl (C=O) groups is 1. The van der Waals surface area contributed by atoms with Crippen LogP contribution in [0.3, 0.4) is 0 Å². The van der Waals surface area contributed by atoms with Gasteiger partial charge in [0, 0.05) is 13.1 Å². The lowest BCUT2D eigenvalue weighted by Crippen LogP contribution is -1.84. The molecule has 0 fully saturated rings. The average Bonchev–Trinajstić information content (AvgIpc) is 2.66. The molecule has 0 radical (unpaired) electrons. The van der Waals surface area contributed by atoms with Crippen molar-refractivity contribution in [3.8, 4) is 0 Å². The van der Waals surface area contributed by atoms with Crippen molar-refractivity contribution >= 4 is 23.1 Å². The lowest BCUT2D eigenvalue weighted by Gasteiger charge is -1.95. The highest BCUT2D eigenvalue weighted by Gasteiger charge is 1.98. The van der Waals surface area contributed by atoms with Gasteiger partial charge in [-0.3, -0.25) is 0 Å². The van der Waals surface area contributed by atoms with E-state index >= 15 is 0 Å². The van der Waals surface area contributed by atoms with Gasteiger partial charge in [-0.15, -0.1) is 0 Å². The largest absolute Gasteiger partial charge is 0.478 e. The Labute approximate surface area is 98.5 Å². The zero-order valence-electron chi connectivity index (χ0n) is 9.37. The summed E-state index contributed by atoms with van der Waals surface area (Å²) in [6, 6.07) is 5.92. The summed E-state index contributed by atoms with van der Waals surface area (Å²) in [6.07, 6.45) is 7.88. The molecule has 0 aliphatic rings. The molecule has 2 aromatic rings. The van der Waals surface area contributed by atoms with Crippen molar-refractivity contribution in [1.29, 1.82) is 0 Å². The van der Waals surface area contributed by atoms with Crippen molar-refractivity contribution < 1.29 is 9.90 Å². The van der Waals surface area contributed by atoms with Gasteiger partial charge in [0.25, 0.3) is 0 Å². The monoisotopic (exact) mass is 228 g/mol. The minimum absolute atomic E-state index is 0.928. The van der Waals surface area contributed by atoms with E-state index in [1.165, 1.54) is 6.08 Å². The van der Waals surface area contributed by atoms with Crippen molar-refractivity contribution in [2.45, 2.75) is 0 Å². The molecular weight excluding hydrogens is 216 g/mol. The second-order valence-electron chi connectivity index (χ2n) is 3.66. The van der Waals surface area contributed by atoms with E-state index in [-0.39, 0.29) is 0 Å². The molecule has 0 amide bonds. The van der Waals surface area contributed by atoms with Gasteiger partial charge >= 0.3 is 5.97 Å². The van der Waals surface area contributed by atoms with Crippen molar-refractivity contribution in [1.82, 2.24) is 9.55 Å². The summed E-state index contributed by atoms with van der Waals surface area (Å²) < 4.78 is 1.95. The Bertz CT molecular complexity index is 609. The van der Waals surface area contributed by atoms with E-state index in [1.807, 2.05) is 35.9 Å². The summed E-state index contributed by atoms with van der Waals surface area (Å²) in [4.78, 5) is 14.5. The Morgan fingerprint density at radius 1 is 1.41 bits per heavy atom. The van der Waals surface area contributed by atoms with Crippen LogP contribution in [0.1, 0.15) is 5.56 Å². The van der Waals surface area contributed by atoms with Gasteiger partial charge in [-0.1, -0.05) is 24.3 Å². The SMILES string of the molecule is Cn1cnc2cc(/C=C/C=C/C(=O)O)ccc21. The molecular formula is C13H12N2O2. The Kier molecular flexibility index (Phi) is 3.05. The van der Waals surface area contributed by atoms with E-state index in [9.17, 15) is 4.79 Å². The smallest absolute Gasteiger partial charge is 0.328 e. The van der Waals surface area contributed by atoms with Crippen LogP contribution in [-0.2, 0) is 11.8 Å². The fraction of sp³-hybridized carbons (Fsp3) is 0.0769. The molecule has 0 atom stereocenters. The highest BCUT2D eigenvalue weighted by molar-refractivity contribution is 5.81. The van der Waals surface area contributed by atoms with E-state index in [1.54, 1.807) is 12.4 Å². The molecule has 0 saturated heterocycles. The number of hydrogen-bond acceptors (Lipinski definition) is 2. The minimum atomic E-state index is -0.949. The normalized spacial score (nSPS) is 11.8. The molecule has 1 heterocycles. The van der Waals surface area contributed by atoms with Crippen LogP contribution in [0.25, 0.3) is 17.1 Å².